The average Bonchev–Trinajstić information content (AvgIpc) is 3.30. The van der Waals surface area contributed by atoms with Gasteiger partial charge in [0.2, 0.25) is 6.79 Å². The summed E-state index contributed by atoms with van der Waals surface area (Å²) in [6, 6.07) is 5.53. The normalized spacial score (nSPS) is 36.4. The highest BCUT2D eigenvalue weighted by molar-refractivity contribution is 5.44. The van der Waals surface area contributed by atoms with Gasteiger partial charge in [0.05, 0.1) is 38.0 Å². The molecule has 8 heteroatoms. The zero-order valence-electron chi connectivity index (χ0n) is 14.5. The molecule has 4 aliphatic heterocycles. The highest BCUT2D eigenvalue weighted by atomic mass is 16.7. The second-order valence-corrected chi connectivity index (χ2v) is 7.10. The van der Waals surface area contributed by atoms with Crippen molar-refractivity contribution >= 4 is 0 Å². The molecule has 2 bridgehead atoms. The van der Waals surface area contributed by atoms with Crippen LogP contribution in [0, 0.1) is 0 Å². The standard InChI is InChI=1S/C18H24N2O6/c21-17-15(19-8-11-1-2-12-13(7-11)25-10-24-12)14-9-23-18(26-14)16(17)20-3-5-22-6-4-20/h1-2,7,14-19,21H,3-6,8-10H2/t14-,15-,16-,17+,18-/m1/s1. The molecule has 0 radical (unpaired) electrons. The van der Waals surface area contributed by atoms with E-state index in [4.69, 9.17) is 23.7 Å². The van der Waals surface area contributed by atoms with Crippen LogP contribution in [0.25, 0.3) is 0 Å². The first-order chi connectivity index (χ1) is 12.8. The molecule has 1 aromatic carbocycles. The van der Waals surface area contributed by atoms with Crippen LogP contribution in [0.4, 0.5) is 0 Å². The summed E-state index contributed by atoms with van der Waals surface area (Å²) in [4.78, 5) is 2.22. The van der Waals surface area contributed by atoms with E-state index in [2.05, 4.69) is 10.2 Å². The highest BCUT2D eigenvalue weighted by Gasteiger charge is 2.52. The zero-order valence-corrected chi connectivity index (χ0v) is 14.5. The third kappa shape index (κ3) is 2.96. The third-order valence-electron chi connectivity index (χ3n) is 5.58. The van der Waals surface area contributed by atoms with E-state index in [1.807, 2.05) is 18.2 Å². The number of nitrogens with one attached hydrogen (secondary N) is 1. The average molecular weight is 364 g/mol. The van der Waals surface area contributed by atoms with Gasteiger partial charge in [-0.3, -0.25) is 4.90 Å². The first-order valence-corrected chi connectivity index (χ1v) is 9.18. The number of fused-ring (bicyclic) bond motifs is 3. The van der Waals surface area contributed by atoms with Gasteiger partial charge in [0.25, 0.3) is 0 Å². The fourth-order valence-corrected chi connectivity index (χ4v) is 4.20. The van der Waals surface area contributed by atoms with Crippen molar-refractivity contribution in [2.45, 2.75) is 37.1 Å². The summed E-state index contributed by atoms with van der Waals surface area (Å²) in [6.07, 6.45) is -1.06. The van der Waals surface area contributed by atoms with E-state index in [9.17, 15) is 5.11 Å². The number of hydrogen-bond donors (Lipinski definition) is 2. The predicted molar refractivity (Wildman–Crippen MR) is 90.0 cm³/mol. The SMILES string of the molecule is O[C@H]1[C@H](NCc2ccc3c(c2)OCO3)[C@H]2CO[C@H](O2)[C@@H]1N1CCOCC1. The van der Waals surface area contributed by atoms with Crippen molar-refractivity contribution in [1.29, 1.82) is 0 Å². The molecule has 5 atom stereocenters. The summed E-state index contributed by atoms with van der Waals surface area (Å²) < 4.78 is 28.1. The van der Waals surface area contributed by atoms with Crippen LogP contribution in [0.3, 0.4) is 0 Å². The van der Waals surface area contributed by atoms with E-state index >= 15 is 0 Å². The summed E-state index contributed by atoms with van der Waals surface area (Å²) in [5.74, 6) is 1.54. The molecule has 26 heavy (non-hydrogen) atoms. The van der Waals surface area contributed by atoms with Crippen LogP contribution in [0.1, 0.15) is 5.56 Å². The molecule has 0 unspecified atom stereocenters. The minimum absolute atomic E-state index is 0.138. The Morgan fingerprint density at radius 3 is 2.88 bits per heavy atom. The third-order valence-corrected chi connectivity index (χ3v) is 5.58. The molecule has 0 saturated carbocycles. The smallest absolute Gasteiger partial charge is 0.231 e. The lowest BCUT2D eigenvalue weighted by molar-refractivity contribution is -0.191. The summed E-state index contributed by atoms with van der Waals surface area (Å²) in [5, 5.41) is 14.5. The fraction of sp³-hybridized carbons (Fsp3) is 0.667. The minimum Gasteiger partial charge on any atom is -0.454 e. The number of hydrogen-bond acceptors (Lipinski definition) is 8. The van der Waals surface area contributed by atoms with E-state index in [1.54, 1.807) is 0 Å². The van der Waals surface area contributed by atoms with Gasteiger partial charge in [-0.25, -0.2) is 0 Å². The molecule has 5 rings (SSSR count). The molecule has 4 aliphatic rings. The summed E-state index contributed by atoms with van der Waals surface area (Å²) in [6.45, 7) is 4.29. The van der Waals surface area contributed by atoms with E-state index in [0.717, 1.165) is 30.2 Å². The lowest BCUT2D eigenvalue weighted by Gasteiger charge is -2.45. The second-order valence-electron chi connectivity index (χ2n) is 7.10. The monoisotopic (exact) mass is 364 g/mol. The minimum atomic E-state index is -0.562. The number of morpholine rings is 1. The van der Waals surface area contributed by atoms with E-state index in [1.165, 1.54) is 0 Å². The molecule has 4 heterocycles. The van der Waals surface area contributed by atoms with E-state index < -0.39 is 6.10 Å². The van der Waals surface area contributed by atoms with Gasteiger partial charge in [-0.2, -0.15) is 0 Å². The predicted octanol–water partition coefficient (Wildman–Crippen LogP) is -0.310. The maximum Gasteiger partial charge on any atom is 0.231 e. The van der Waals surface area contributed by atoms with Crippen molar-refractivity contribution in [2.24, 2.45) is 0 Å². The Hall–Kier alpha value is -1.42. The molecule has 142 valence electrons. The number of ether oxygens (including phenoxy) is 5. The van der Waals surface area contributed by atoms with Gasteiger partial charge in [0.1, 0.15) is 6.10 Å². The van der Waals surface area contributed by atoms with Crippen molar-refractivity contribution in [3.8, 4) is 11.5 Å². The van der Waals surface area contributed by atoms with Crippen LogP contribution in [-0.2, 0) is 20.8 Å². The van der Waals surface area contributed by atoms with Crippen molar-refractivity contribution in [2.75, 3.05) is 39.7 Å². The van der Waals surface area contributed by atoms with Crippen molar-refractivity contribution in [3.63, 3.8) is 0 Å². The Morgan fingerprint density at radius 2 is 2.00 bits per heavy atom. The van der Waals surface area contributed by atoms with Crippen molar-refractivity contribution in [1.82, 2.24) is 10.2 Å². The maximum absolute atomic E-state index is 11.0. The Morgan fingerprint density at radius 1 is 1.15 bits per heavy atom. The van der Waals surface area contributed by atoms with Crippen LogP contribution >= 0.6 is 0 Å². The molecule has 8 nitrogen and oxygen atoms in total. The number of aliphatic hydroxyl groups is 1. The summed E-state index contributed by atoms with van der Waals surface area (Å²) in [5.41, 5.74) is 1.07. The van der Waals surface area contributed by atoms with Gasteiger partial charge in [-0.1, -0.05) is 6.07 Å². The van der Waals surface area contributed by atoms with Crippen LogP contribution in [0.2, 0.25) is 0 Å². The summed E-state index contributed by atoms with van der Waals surface area (Å²) in [7, 11) is 0. The summed E-state index contributed by atoms with van der Waals surface area (Å²) >= 11 is 0. The molecule has 0 aromatic heterocycles. The topological polar surface area (TPSA) is 81.7 Å². The van der Waals surface area contributed by atoms with Crippen LogP contribution in [-0.4, -0.2) is 80.3 Å². The molecule has 1 aromatic rings. The Bertz CT molecular complexity index is 653. The number of benzene rings is 1. The fourth-order valence-electron chi connectivity index (χ4n) is 4.20. The quantitative estimate of drug-likeness (QED) is 0.753. The first-order valence-electron chi connectivity index (χ1n) is 9.18. The number of aliphatic hydroxyl groups excluding tert-OH is 1. The van der Waals surface area contributed by atoms with Gasteiger partial charge < -0.3 is 34.1 Å². The van der Waals surface area contributed by atoms with Gasteiger partial charge in [-0.15, -0.1) is 0 Å². The highest BCUT2D eigenvalue weighted by Crippen LogP contribution is 2.34. The van der Waals surface area contributed by atoms with E-state index in [0.29, 0.717) is 26.4 Å². The Kier molecular flexibility index (Phi) is 4.48. The number of rotatable bonds is 4. The van der Waals surface area contributed by atoms with Gasteiger partial charge in [0, 0.05) is 19.6 Å². The molecule has 0 amide bonds. The zero-order chi connectivity index (χ0) is 17.5. The maximum atomic E-state index is 11.0. The van der Waals surface area contributed by atoms with Crippen molar-refractivity contribution in [3.05, 3.63) is 23.8 Å². The van der Waals surface area contributed by atoms with Crippen molar-refractivity contribution < 1.29 is 28.8 Å². The largest absolute Gasteiger partial charge is 0.454 e. The number of nitrogens with zero attached hydrogens (tertiary/aromatic N) is 1. The van der Waals surface area contributed by atoms with Gasteiger partial charge in [-0.05, 0) is 17.7 Å². The molecule has 0 spiro atoms. The van der Waals surface area contributed by atoms with Crippen LogP contribution in [0.15, 0.2) is 18.2 Å². The first kappa shape index (κ1) is 16.7. The molecule has 3 fully saturated rings. The van der Waals surface area contributed by atoms with Crippen LogP contribution in [0.5, 0.6) is 11.5 Å². The molecule has 0 aliphatic carbocycles. The molecule has 2 N–H and O–H groups in total. The van der Waals surface area contributed by atoms with E-state index in [-0.39, 0.29) is 31.3 Å². The second kappa shape index (κ2) is 6.95. The molecular weight excluding hydrogens is 340 g/mol. The Balaban J connectivity index is 1.28. The lowest BCUT2D eigenvalue weighted by Crippen LogP contribution is -2.65. The van der Waals surface area contributed by atoms with Gasteiger partial charge >= 0.3 is 0 Å². The molecule has 3 saturated heterocycles. The van der Waals surface area contributed by atoms with Crippen LogP contribution < -0.4 is 14.8 Å². The lowest BCUT2D eigenvalue weighted by atomic mass is 9.94. The van der Waals surface area contributed by atoms with Gasteiger partial charge in [0.15, 0.2) is 17.8 Å². The molecular formula is C18H24N2O6. The Labute approximate surface area is 151 Å².